The lowest BCUT2D eigenvalue weighted by molar-refractivity contribution is 0.102. The fourth-order valence-corrected chi connectivity index (χ4v) is 4.08. The number of amides is 3. The zero-order valence-electron chi connectivity index (χ0n) is 20.4. The second kappa shape index (κ2) is 11.4. The number of benzene rings is 3. The summed E-state index contributed by atoms with van der Waals surface area (Å²) >= 11 is 0. The smallest absolute Gasteiger partial charge is 0.323 e. The molecule has 0 fully saturated rings. The van der Waals surface area contributed by atoms with Crippen molar-refractivity contribution in [3.63, 3.8) is 0 Å². The van der Waals surface area contributed by atoms with Crippen molar-refractivity contribution in [2.75, 3.05) is 42.1 Å². The van der Waals surface area contributed by atoms with Crippen LogP contribution in [0, 0.1) is 0 Å². The zero-order valence-corrected chi connectivity index (χ0v) is 20.4. The highest BCUT2D eigenvalue weighted by Gasteiger charge is 2.11. The van der Waals surface area contributed by atoms with Gasteiger partial charge in [-0.1, -0.05) is 0 Å². The molecule has 5 rings (SSSR count). The highest BCUT2D eigenvalue weighted by molar-refractivity contribution is 6.06. The number of nitrogens with zero attached hydrogens (tertiary/aromatic N) is 2. The summed E-state index contributed by atoms with van der Waals surface area (Å²) < 4.78 is 0. The van der Waals surface area contributed by atoms with Crippen LogP contribution in [-0.4, -0.2) is 49.8 Å². The Bertz CT molecular complexity index is 1310. The molecule has 0 radical (unpaired) electrons. The summed E-state index contributed by atoms with van der Waals surface area (Å²) in [6, 6.07) is 21.5. The first kappa shape index (κ1) is 24.1. The Kier molecular flexibility index (Phi) is 7.40. The van der Waals surface area contributed by atoms with E-state index in [1.54, 1.807) is 24.3 Å². The van der Waals surface area contributed by atoms with E-state index in [2.05, 4.69) is 36.6 Å². The highest BCUT2D eigenvalue weighted by Crippen LogP contribution is 2.16. The molecule has 3 aromatic rings. The van der Waals surface area contributed by atoms with Gasteiger partial charge in [-0.15, -0.1) is 0 Å². The topological polar surface area (TPSA) is 119 Å². The van der Waals surface area contributed by atoms with Gasteiger partial charge in [-0.25, -0.2) is 4.79 Å². The molecule has 9 heteroatoms. The molecule has 0 saturated heterocycles. The molecule has 0 bridgehead atoms. The second-order valence-corrected chi connectivity index (χ2v) is 8.79. The van der Waals surface area contributed by atoms with Crippen LogP contribution in [-0.2, 0) is 0 Å². The minimum atomic E-state index is -0.366. The van der Waals surface area contributed by atoms with Crippen molar-refractivity contribution in [1.82, 2.24) is 10.6 Å². The largest absolute Gasteiger partial charge is 0.370 e. The van der Waals surface area contributed by atoms with Gasteiger partial charge in [0, 0.05) is 59.9 Å². The van der Waals surface area contributed by atoms with Crippen molar-refractivity contribution in [3.8, 4) is 0 Å². The minimum Gasteiger partial charge on any atom is -0.370 e. The molecule has 0 unspecified atom stereocenters. The third kappa shape index (κ3) is 6.32. The lowest BCUT2D eigenvalue weighted by atomic mass is 10.1. The highest BCUT2D eigenvalue weighted by atomic mass is 16.2. The Morgan fingerprint density at radius 2 is 1.03 bits per heavy atom. The lowest BCUT2D eigenvalue weighted by Crippen LogP contribution is -2.30. The SMILES string of the molecule is O=C(Nc1ccc(C(=O)Nc2ccc(C3=NCCCN3)cc2)cc1)Nc1ccc(C2=NCCCN2)cc1. The molecule has 3 aromatic carbocycles. The van der Waals surface area contributed by atoms with Crippen molar-refractivity contribution < 1.29 is 9.59 Å². The standard InChI is InChI=1S/C28H29N7O2/c36-27(33-22-9-3-19(4-10-22)25-29-15-1-16-30-25)21-7-13-24(14-8-21)35-28(37)34-23-11-5-20(6-12-23)26-31-17-2-18-32-26/h3-14H,1-2,15-18H2,(H,29,30)(H,31,32)(H,33,36)(H2,34,35,37). The fourth-order valence-electron chi connectivity index (χ4n) is 4.08. The number of nitrogens with one attached hydrogen (secondary N) is 5. The number of carbonyl (C=O) groups is 2. The van der Waals surface area contributed by atoms with Crippen LogP contribution >= 0.6 is 0 Å². The molecule has 2 aliphatic heterocycles. The number of anilines is 3. The van der Waals surface area contributed by atoms with E-state index in [0.717, 1.165) is 61.8 Å². The molecule has 0 aliphatic carbocycles. The van der Waals surface area contributed by atoms with Gasteiger partial charge in [0.15, 0.2) is 0 Å². The number of carbonyl (C=O) groups excluding carboxylic acids is 2. The molecule has 0 saturated carbocycles. The van der Waals surface area contributed by atoms with Crippen molar-refractivity contribution in [2.24, 2.45) is 9.98 Å². The van der Waals surface area contributed by atoms with Crippen molar-refractivity contribution >= 4 is 40.7 Å². The predicted octanol–water partition coefficient (Wildman–Crippen LogP) is 4.06. The average Bonchev–Trinajstić information content (AvgIpc) is 2.95. The van der Waals surface area contributed by atoms with Crippen LogP contribution < -0.4 is 26.6 Å². The van der Waals surface area contributed by atoms with Gasteiger partial charge in [-0.3, -0.25) is 14.8 Å². The van der Waals surface area contributed by atoms with E-state index >= 15 is 0 Å². The summed E-state index contributed by atoms with van der Waals surface area (Å²) in [5.74, 6) is 1.55. The molecule has 188 valence electrons. The summed E-state index contributed by atoms with van der Waals surface area (Å²) in [4.78, 5) is 34.0. The van der Waals surface area contributed by atoms with E-state index in [-0.39, 0.29) is 11.9 Å². The van der Waals surface area contributed by atoms with Gasteiger partial charge < -0.3 is 26.6 Å². The van der Waals surface area contributed by atoms with Crippen molar-refractivity contribution in [3.05, 3.63) is 89.5 Å². The molecular formula is C28H29N7O2. The maximum Gasteiger partial charge on any atom is 0.323 e. The second-order valence-electron chi connectivity index (χ2n) is 8.79. The van der Waals surface area contributed by atoms with Gasteiger partial charge in [0.2, 0.25) is 0 Å². The minimum absolute atomic E-state index is 0.228. The number of amidine groups is 2. The lowest BCUT2D eigenvalue weighted by Gasteiger charge is -2.15. The summed E-state index contributed by atoms with van der Waals surface area (Å²) in [5.41, 5.74) is 4.43. The Balaban J connectivity index is 1.12. The van der Waals surface area contributed by atoms with Gasteiger partial charge >= 0.3 is 6.03 Å². The van der Waals surface area contributed by atoms with Crippen LogP contribution in [0.5, 0.6) is 0 Å². The maximum absolute atomic E-state index is 12.7. The molecule has 2 heterocycles. The molecule has 9 nitrogen and oxygen atoms in total. The normalized spacial score (nSPS) is 14.8. The monoisotopic (exact) mass is 495 g/mol. The maximum atomic E-state index is 12.7. The average molecular weight is 496 g/mol. The van der Waals surface area contributed by atoms with Crippen molar-refractivity contribution in [2.45, 2.75) is 12.8 Å². The number of aliphatic imine (C=N–C) groups is 2. The third-order valence-electron chi connectivity index (χ3n) is 6.03. The van der Waals surface area contributed by atoms with Gasteiger partial charge in [0.25, 0.3) is 5.91 Å². The third-order valence-corrected chi connectivity index (χ3v) is 6.03. The number of hydrogen-bond acceptors (Lipinski definition) is 6. The van der Waals surface area contributed by atoms with E-state index < -0.39 is 0 Å². The molecule has 0 spiro atoms. The summed E-state index contributed by atoms with van der Waals surface area (Å²) in [6.45, 7) is 3.50. The zero-order chi connectivity index (χ0) is 25.5. The van der Waals surface area contributed by atoms with Crippen LogP contribution in [0.3, 0.4) is 0 Å². The molecule has 37 heavy (non-hydrogen) atoms. The Morgan fingerprint density at radius 1 is 0.595 bits per heavy atom. The van der Waals surface area contributed by atoms with Crippen LogP contribution in [0.15, 0.2) is 82.8 Å². The summed E-state index contributed by atoms with van der Waals surface area (Å²) in [7, 11) is 0. The first-order valence-electron chi connectivity index (χ1n) is 12.4. The van der Waals surface area contributed by atoms with E-state index in [1.807, 2.05) is 48.5 Å². The van der Waals surface area contributed by atoms with Crippen LogP contribution in [0.25, 0.3) is 0 Å². The van der Waals surface area contributed by atoms with E-state index in [1.165, 1.54) is 0 Å². The van der Waals surface area contributed by atoms with Crippen LogP contribution in [0.2, 0.25) is 0 Å². The first-order chi connectivity index (χ1) is 18.1. The van der Waals surface area contributed by atoms with Crippen LogP contribution in [0.4, 0.5) is 21.9 Å². The fraction of sp³-hybridized carbons (Fsp3) is 0.214. The molecule has 0 aromatic heterocycles. The van der Waals surface area contributed by atoms with Crippen LogP contribution in [0.1, 0.15) is 34.3 Å². The number of hydrogen-bond donors (Lipinski definition) is 5. The predicted molar refractivity (Wildman–Crippen MR) is 148 cm³/mol. The molecule has 0 atom stereocenters. The van der Waals surface area contributed by atoms with E-state index in [4.69, 9.17) is 0 Å². The summed E-state index contributed by atoms with van der Waals surface area (Å²) in [6.07, 6.45) is 2.08. The Morgan fingerprint density at radius 3 is 1.46 bits per heavy atom. The van der Waals surface area contributed by atoms with Gasteiger partial charge in [-0.2, -0.15) is 0 Å². The Labute approximate surface area is 215 Å². The quantitative estimate of drug-likeness (QED) is 0.354. The molecular weight excluding hydrogens is 466 g/mol. The summed E-state index contributed by atoms with van der Waals surface area (Å²) in [5, 5.41) is 15.1. The first-order valence-corrected chi connectivity index (χ1v) is 12.4. The van der Waals surface area contributed by atoms with Crippen molar-refractivity contribution in [1.29, 1.82) is 0 Å². The molecule has 3 amide bonds. The Hall–Kier alpha value is -4.66. The number of urea groups is 1. The van der Waals surface area contributed by atoms with Gasteiger partial charge in [0.05, 0.1) is 0 Å². The van der Waals surface area contributed by atoms with E-state index in [9.17, 15) is 9.59 Å². The molecule has 2 aliphatic rings. The van der Waals surface area contributed by atoms with Gasteiger partial charge in [-0.05, 0) is 85.6 Å². The van der Waals surface area contributed by atoms with Gasteiger partial charge in [0.1, 0.15) is 11.7 Å². The van der Waals surface area contributed by atoms with E-state index in [0.29, 0.717) is 22.6 Å². The number of rotatable bonds is 6. The molecule has 5 N–H and O–H groups in total.